The van der Waals surface area contributed by atoms with Gasteiger partial charge in [-0.15, -0.1) is 0 Å². The molecule has 1 aliphatic rings. The number of amides is 1. The molecule has 0 spiro atoms. The molecule has 0 aromatic heterocycles. The van der Waals surface area contributed by atoms with Crippen molar-refractivity contribution in [2.75, 3.05) is 5.32 Å². The Morgan fingerprint density at radius 2 is 1.76 bits per heavy atom. The van der Waals surface area contributed by atoms with Gasteiger partial charge in [0.15, 0.2) is 0 Å². The second kappa shape index (κ2) is 5.41. The first kappa shape index (κ1) is 13.4. The topological polar surface area (TPSA) is 52.9 Å². The largest absolute Gasteiger partial charge is 0.325 e. The summed E-state index contributed by atoms with van der Waals surface area (Å²) in [6, 6.07) is 19.5. The molecule has 0 aliphatic heterocycles. The fourth-order valence-corrected chi connectivity index (χ4v) is 2.58. The van der Waals surface area contributed by atoms with E-state index in [4.69, 9.17) is 5.26 Å². The molecular formula is C18H16N2O. The highest BCUT2D eigenvalue weighted by atomic mass is 16.2. The van der Waals surface area contributed by atoms with Crippen LogP contribution in [0, 0.1) is 11.3 Å². The third-order valence-corrected chi connectivity index (χ3v) is 4.01. The zero-order valence-electron chi connectivity index (χ0n) is 11.7. The number of rotatable bonds is 4. The van der Waals surface area contributed by atoms with Gasteiger partial charge in [0.1, 0.15) is 0 Å². The summed E-state index contributed by atoms with van der Waals surface area (Å²) in [6.45, 7) is 0. The van der Waals surface area contributed by atoms with Crippen LogP contribution in [0.15, 0.2) is 54.6 Å². The van der Waals surface area contributed by atoms with E-state index in [1.54, 1.807) is 0 Å². The summed E-state index contributed by atoms with van der Waals surface area (Å²) >= 11 is 0. The van der Waals surface area contributed by atoms with Crippen LogP contribution >= 0.6 is 0 Å². The van der Waals surface area contributed by atoms with Crippen molar-refractivity contribution in [2.45, 2.75) is 24.7 Å². The molecule has 1 fully saturated rings. The predicted octanol–water partition coefficient (Wildman–Crippen LogP) is 3.42. The van der Waals surface area contributed by atoms with Gasteiger partial charge < -0.3 is 5.32 Å². The van der Waals surface area contributed by atoms with Crippen LogP contribution in [0.1, 0.15) is 24.0 Å². The summed E-state index contributed by atoms with van der Waals surface area (Å²) in [6.07, 6.45) is 2.19. The van der Waals surface area contributed by atoms with E-state index in [1.807, 2.05) is 54.6 Å². The molecule has 3 rings (SSSR count). The maximum Gasteiger partial charge on any atom is 0.235 e. The third-order valence-electron chi connectivity index (χ3n) is 4.01. The molecule has 3 heteroatoms. The molecule has 1 aliphatic carbocycles. The van der Waals surface area contributed by atoms with Crippen LogP contribution in [0.5, 0.6) is 0 Å². The van der Waals surface area contributed by atoms with Crippen molar-refractivity contribution in [3.8, 4) is 6.07 Å². The average molecular weight is 276 g/mol. The molecule has 2 aromatic rings. The van der Waals surface area contributed by atoms with Crippen molar-refractivity contribution in [1.29, 1.82) is 5.26 Å². The highest BCUT2D eigenvalue weighted by Gasteiger charge is 2.51. The van der Waals surface area contributed by atoms with Crippen molar-refractivity contribution in [1.82, 2.24) is 0 Å². The van der Waals surface area contributed by atoms with E-state index in [0.717, 1.165) is 29.7 Å². The maximum absolute atomic E-state index is 12.5. The normalized spacial score (nSPS) is 15.0. The number of nitrogens with zero attached hydrogens (tertiary/aromatic N) is 1. The summed E-state index contributed by atoms with van der Waals surface area (Å²) in [5.74, 6) is 0.0572. The standard InChI is InChI=1S/C18H16N2O/c19-13-10-14-6-8-16(9-7-14)20-17(21)18(11-12-18)15-4-2-1-3-5-15/h1-9H,10-12H2,(H,20,21). The summed E-state index contributed by atoms with van der Waals surface area (Å²) in [4.78, 5) is 12.5. The lowest BCUT2D eigenvalue weighted by molar-refractivity contribution is -0.118. The summed E-state index contributed by atoms with van der Waals surface area (Å²) < 4.78 is 0. The van der Waals surface area contributed by atoms with Crippen molar-refractivity contribution in [2.24, 2.45) is 0 Å². The SMILES string of the molecule is N#CCc1ccc(NC(=O)C2(c3ccccc3)CC2)cc1. The predicted molar refractivity (Wildman–Crippen MR) is 81.7 cm³/mol. The van der Waals surface area contributed by atoms with E-state index in [-0.39, 0.29) is 11.3 Å². The van der Waals surface area contributed by atoms with E-state index < -0.39 is 0 Å². The monoisotopic (exact) mass is 276 g/mol. The first-order chi connectivity index (χ1) is 10.2. The van der Waals surface area contributed by atoms with E-state index in [9.17, 15) is 4.79 Å². The van der Waals surface area contributed by atoms with Gasteiger partial charge in [0.25, 0.3) is 0 Å². The fourth-order valence-electron chi connectivity index (χ4n) is 2.58. The van der Waals surface area contributed by atoms with Gasteiger partial charge in [-0.1, -0.05) is 42.5 Å². The van der Waals surface area contributed by atoms with Gasteiger partial charge in [0.2, 0.25) is 5.91 Å². The van der Waals surface area contributed by atoms with Gasteiger partial charge in [-0.2, -0.15) is 5.26 Å². The first-order valence-electron chi connectivity index (χ1n) is 7.07. The molecule has 2 aromatic carbocycles. The highest BCUT2D eigenvalue weighted by molar-refractivity contribution is 6.01. The molecule has 1 amide bonds. The molecule has 1 N–H and O–H groups in total. The minimum Gasteiger partial charge on any atom is -0.325 e. The Bertz CT molecular complexity index is 679. The Morgan fingerprint density at radius 1 is 1.10 bits per heavy atom. The van der Waals surface area contributed by atoms with Crippen molar-refractivity contribution >= 4 is 11.6 Å². The van der Waals surface area contributed by atoms with E-state index in [0.29, 0.717) is 6.42 Å². The van der Waals surface area contributed by atoms with E-state index in [2.05, 4.69) is 11.4 Å². The lowest BCUT2D eigenvalue weighted by atomic mass is 9.95. The lowest BCUT2D eigenvalue weighted by Crippen LogP contribution is -2.27. The lowest BCUT2D eigenvalue weighted by Gasteiger charge is -2.15. The summed E-state index contributed by atoms with van der Waals surface area (Å²) in [5.41, 5.74) is 2.47. The molecule has 104 valence electrons. The molecule has 1 saturated carbocycles. The molecule has 3 nitrogen and oxygen atoms in total. The Labute approximate surface area is 124 Å². The maximum atomic E-state index is 12.5. The average Bonchev–Trinajstić information content (AvgIpc) is 3.32. The fraction of sp³-hybridized carbons (Fsp3) is 0.222. The van der Waals surface area contributed by atoms with Crippen molar-refractivity contribution < 1.29 is 4.79 Å². The van der Waals surface area contributed by atoms with E-state index in [1.165, 1.54) is 0 Å². The van der Waals surface area contributed by atoms with Crippen LogP contribution in [0.25, 0.3) is 0 Å². The number of carbonyl (C=O) groups is 1. The number of carbonyl (C=O) groups excluding carboxylic acids is 1. The van der Waals surface area contributed by atoms with Crippen LogP contribution < -0.4 is 5.32 Å². The number of nitrogens with one attached hydrogen (secondary N) is 1. The zero-order valence-corrected chi connectivity index (χ0v) is 11.7. The molecule has 0 atom stereocenters. The zero-order chi connectivity index (χ0) is 14.7. The third kappa shape index (κ3) is 2.66. The molecule has 0 radical (unpaired) electrons. The van der Waals surface area contributed by atoms with Crippen LogP contribution in [-0.4, -0.2) is 5.91 Å². The summed E-state index contributed by atoms with van der Waals surface area (Å²) in [5, 5.41) is 11.6. The Balaban J connectivity index is 1.74. The van der Waals surface area contributed by atoms with Gasteiger partial charge in [-0.3, -0.25) is 4.79 Å². The van der Waals surface area contributed by atoms with Crippen LogP contribution in [0.2, 0.25) is 0 Å². The minimum atomic E-state index is -0.355. The second-order valence-electron chi connectivity index (χ2n) is 5.43. The van der Waals surface area contributed by atoms with Crippen molar-refractivity contribution in [3.05, 3.63) is 65.7 Å². The smallest absolute Gasteiger partial charge is 0.235 e. The van der Waals surface area contributed by atoms with Gasteiger partial charge >= 0.3 is 0 Å². The molecular weight excluding hydrogens is 260 g/mol. The number of hydrogen-bond acceptors (Lipinski definition) is 2. The molecule has 0 bridgehead atoms. The highest BCUT2D eigenvalue weighted by Crippen LogP contribution is 2.48. The number of anilines is 1. The van der Waals surface area contributed by atoms with Crippen molar-refractivity contribution in [3.63, 3.8) is 0 Å². The van der Waals surface area contributed by atoms with Crippen LogP contribution in [-0.2, 0) is 16.6 Å². The number of hydrogen-bond donors (Lipinski definition) is 1. The Morgan fingerprint density at radius 3 is 2.33 bits per heavy atom. The van der Waals surface area contributed by atoms with Gasteiger partial charge in [-0.05, 0) is 36.1 Å². The Kier molecular flexibility index (Phi) is 3.45. The van der Waals surface area contributed by atoms with Crippen LogP contribution in [0.3, 0.4) is 0 Å². The number of benzene rings is 2. The summed E-state index contributed by atoms with van der Waals surface area (Å²) in [7, 11) is 0. The molecule has 0 unspecified atom stereocenters. The quantitative estimate of drug-likeness (QED) is 0.930. The minimum absolute atomic E-state index is 0.0572. The van der Waals surface area contributed by atoms with E-state index >= 15 is 0 Å². The Hall–Kier alpha value is -2.60. The molecule has 0 heterocycles. The molecule has 0 saturated heterocycles. The van der Waals surface area contributed by atoms with Crippen LogP contribution in [0.4, 0.5) is 5.69 Å². The first-order valence-corrected chi connectivity index (χ1v) is 7.07. The van der Waals surface area contributed by atoms with Gasteiger partial charge in [-0.25, -0.2) is 0 Å². The number of nitriles is 1. The molecule has 21 heavy (non-hydrogen) atoms. The van der Waals surface area contributed by atoms with Gasteiger partial charge in [0, 0.05) is 5.69 Å². The van der Waals surface area contributed by atoms with Gasteiger partial charge in [0.05, 0.1) is 17.9 Å². The second-order valence-corrected chi connectivity index (χ2v) is 5.43.